The minimum absolute atomic E-state index is 0.0250. The van der Waals surface area contributed by atoms with Gasteiger partial charge >= 0.3 is 0 Å². The Morgan fingerprint density at radius 1 is 1.16 bits per heavy atom. The Morgan fingerprint density at radius 2 is 1.97 bits per heavy atom. The van der Waals surface area contributed by atoms with Crippen molar-refractivity contribution >= 4 is 58.2 Å². The minimum atomic E-state index is -0.978. The van der Waals surface area contributed by atoms with Crippen molar-refractivity contribution in [2.24, 2.45) is 0 Å². The second kappa shape index (κ2) is 8.41. The summed E-state index contributed by atoms with van der Waals surface area (Å²) in [4.78, 5) is 44.8. The number of amides is 2. The highest BCUT2D eigenvalue weighted by Crippen LogP contribution is 2.31. The minimum Gasteiger partial charge on any atom is -0.326 e. The van der Waals surface area contributed by atoms with Crippen molar-refractivity contribution in [3.8, 4) is 0 Å². The number of H-pyrrole nitrogens is 1. The number of nitrogens with one attached hydrogen (secondary N) is 4. The summed E-state index contributed by atoms with van der Waals surface area (Å²) in [6.07, 6.45) is -0.162. The lowest BCUT2D eigenvalue weighted by Crippen LogP contribution is -2.36. The number of hydrogen-bond donors (Lipinski definition) is 4. The normalized spacial score (nSPS) is 15.1. The van der Waals surface area contributed by atoms with E-state index in [1.807, 2.05) is 13.0 Å². The number of aromatic nitrogens is 2. The van der Waals surface area contributed by atoms with E-state index in [4.69, 9.17) is 23.2 Å². The maximum Gasteiger partial charge on any atom is 0.258 e. The lowest BCUT2D eigenvalue weighted by molar-refractivity contribution is -0.123. The maximum absolute atomic E-state index is 12.9. The first-order chi connectivity index (χ1) is 14.8. The van der Waals surface area contributed by atoms with Gasteiger partial charge in [-0.1, -0.05) is 35.3 Å². The number of carbonyl (C=O) groups is 2. The Labute approximate surface area is 187 Å². The number of halogens is 2. The SMILES string of the molecule is Cc1cccc(NC(=O)[C@H]2CC(=O)Nc3nc(Nc4ccc(Cl)cc4Cl)[nH]c(=O)c32)c1. The predicted molar refractivity (Wildman–Crippen MR) is 120 cm³/mol. The van der Waals surface area contributed by atoms with Gasteiger partial charge in [0.25, 0.3) is 5.56 Å². The Morgan fingerprint density at radius 3 is 2.71 bits per heavy atom. The number of aryl methyl sites for hydroxylation is 1. The standard InChI is InChI=1S/C21H17Cl2N5O3/c1-10-3-2-4-12(7-10)24-19(30)13-9-16(29)26-18-17(13)20(31)28-21(27-18)25-15-6-5-11(22)8-14(15)23/h2-8,13H,9H2,1H3,(H,24,30)(H3,25,26,27,28,29,31)/t13-/m0/s1. The molecule has 4 rings (SSSR count). The molecule has 4 N–H and O–H groups in total. The van der Waals surface area contributed by atoms with Gasteiger partial charge in [0.1, 0.15) is 5.82 Å². The number of nitrogens with zero attached hydrogens (tertiary/aromatic N) is 1. The van der Waals surface area contributed by atoms with Gasteiger partial charge in [-0.25, -0.2) is 0 Å². The van der Waals surface area contributed by atoms with Crippen LogP contribution in [0.1, 0.15) is 23.5 Å². The summed E-state index contributed by atoms with van der Waals surface area (Å²) in [5, 5.41) is 9.00. The van der Waals surface area contributed by atoms with E-state index in [0.29, 0.717) is 21.4 Å². The van der Waals surface area contributed by atoms with E-state index >= 15 is 0 Å². The van der Waals surface area contributed by atoms with Gasteiger partial charge in [-0.05, 0) is 42.8 Å². The molecule has 0 aliphatic carbocycles. The second-order valence-electron chi connectivity index (χ2n) is 7.09. The lowest BCUT2D eigenvalue weighted by atomic mass is 9.92. The number of benzene rings is 2. The summed E-state index contributed by atoms with van der Waals surface area (Å²) in [5.74, 6) is -1.76. The monoisotopic (exact) mass is 457 g/mol. The van der Waals surface area contributed by atoms with Crippen molar-refractivity contribution < 1.29 is 9.59 Å². The molecule has 31 heavy (non-hydrogen) atoms. The van der Waals surface area contributed by atoms with E-state index in [0.717, 1.165) is 5.56 Å². The number of aromatic amines is 1. The van der Waals surface area contributed by atoms with Crippen LogP contribution in [0.2, 0.25) is 10.0 Å². The topological polar surface area (TPSA) is 116 Å². The average molecular weight is 458 g/mol. The maximum atomic E-state index is 12.9. The molecule has 0 radical (unpaired) electrons. The Kier molecular flexibility index (Phi) is 5.67. The van der Waals surface area contributed by atoms with Crippen molar-refractivity contribution in [3.05, 3.63) is 74.0 Å². The molecule has 1 aliphatic rings. The number of carbonyl (C=O) groups excluding carboxylic acids is 2. The first-order valence-corrected chi connectivity index (χ1v) is 10.1. The van der Waals surface area contributed by atoms with Crippen molar-refractivity contribution in [1.29, 1.82) is 0 Å². The fourth-order valence-electron chi connectivity index (χ4n) is 3.33. The molecule has 0 unspecified atom stereocenters. The molecular formula is C21H17Cl2N5O3. The van der Waals surface area contributed by atoms with Crippen LogP contribution < -0.4 is 21.5 Å². The molecule has 158 valence electrons. The number of hydrogen-bond acceptors (Lipinski definition) is 5. The summed E-state index contributed by atoms with van der Waals surface area (Å²) in [6, 6.07) is 12.0. The van der Waals surface area contributed by atoms with Gasteiger partial charge in [0.2, 0.25) is 17.8 Å². The van der Waals surface area contributed by atoms with Gasteiger partial charge in [0.15, 0.2) is 0 Å². The third kappa shape index (κ3) is 4.55. The third-order valence-electron chi connectivity index (χ3n) is 4.74. The van der Waals surface area contributed by atoms with Gasteiger partial charge in [-0.15, -0.1) is 0 Å². The molecule has 1 aromatic heterocycles. The fourth-order valence-corrected chi connectivity index (χ4v) is 3.78. The Balaban J connectivity index is 1.65. The van der Waals surface area contributed by atoms with Crippen LogP contribution in [0, 0.1) is 6.92 Å². The molecule has 0 saturated heterocycles. The molecule has 0 fully saturated rings. The van der Waals surface area contributed by atoms with Crippen LogP contribution in [0.15, 0.2) is 47.3 Å². The highest BCUT2D eigenvalue weighted by atomic mass is 35.5. The molecule has 8 nitrogen and oxygen atoms in total. The van der Waals surface area contributed by atoms with Gasteiger partial charge < -0.3 is 16.0 Å². The van der Waals surface area contributed by atoms with E-state index < -0.39 is 23.3 Å². The summed E-state index contributed by atoms with van der Waals surface area (Å²) >= 11 is 12.0. The Bertz CT molecular complexity index is 1260. The third-order valence-corrected chi connectivity index (χ3v) is 5.29. The Hall–Kier alpha value is -3.36. The van der Waals surface area contributed by atoms with Crippen LogP contribution >= 0.6 is 23.2 Å². The first kappa shape index (κ1) is 20.9. The lowest BCUT2D eigenvalue weighted by Gasteiger charge is -2.23. The molecule has 2 aromatic carbocycles. The number of fused-ring (bicyclic) bond motifs is 1. The summed E-state index contributed by atoms with van der Waals surface area (Å²) in [7, 11) is 0. The van der Waals surface area contributed by atoms with Crippen molar-refractivity contribution in [1.82, 2.24) is 9.97 Å². The number of rotatable bonds is 4. The van der Waals surface area contributed by atoms with Gasteiger partial charge in [-0.2, -0.15) is 4.98 Å². The zero-order chi connectivity index (χ0) is 22.1. The second-order valence-corrected chi connectivity index (χ2v) is 7.93. The zero-order valence-corrected chi connectivity index (χ0v) is 17.8. The first-order valence-electron chi connectivity index (χ1n) is 9.34. The summed E-state index contributed by atoms with van der Waals surface area (Å²) in [6.45, 7) is 1.90. The summed E-state index contributed by atoms with van der Waals surface area (Å²) < 4.78 is 0. The largest absolute Gasteiger partial charge is 0.326 e. The fraction of sp³-hybridized carbons (Fsp3) is 0.143. The van der Waals surface area contributed by atoms with Gasteiger partial charge in [0.05, 0.1) is 22.2 Å². The van der Waals surface area contributed by atoms with Crippen molar-refractivity contribution in [2.45, 2.75) is 19.3 Å². The van der Waals surface area contributed by atoms with E-state index in [1.165, 1.54) is 6.07 Å². The molecular weight excluding hydrogens is 441 g/mol. The van der Waals surface area contributed by atoms with Crippen molar-refractivity contribution in [2.75, 3.05) is 16.0 Å². The molecule has 1 aliphatic heterocycles. The van der Waals surface area contributed by atoms with E-state index in [2.05, 4.69) is 25.9 Å². The molecule has 2 amide bonds. The van der Waals surface area contributed by atoms with E-state index in [9.17, 15) is 14.4 Å². The van der Waals surface area contributed by atoms with E-state index in [-0.39, 0.29) is 23.8 Å². The quantitative estimate of drug-likeness (QED) is 0.468. The molecule has 2 heterocycles. The highest BCUT2D eigenvalue weighted by Gasteiger charge is 2.34. The van der Waals surface area contributed by atoms with Gasteiger partial charge in [0, 0.05) is 17.1 Å². The molecule has 3 aromatic rings. The highest BCUT2D eigenvalue weighted by molar-refractivity contribution is 6.36. The smallest absolute Gasteiger partial charge is 0.258 e. The van der Waals surface area contributed by atoms with Crippen LogP contribution in [0.5, 0.6) is 0 Å². The molecule has 0 bridgehead atoms. The molecule has 10 heteroatoms. The molecule has 1 atom stereocenters. The predicted octanol–water partition coefficient (Wildman–Crippen LogP) is 4.19. The van der Waals surface area contributed by atoms with Crippen LogP contribution in [0.3, 0.4) is 0 Å². The van der Waals surface area contributed by atoms with Crippen LogP contribution in [0.25, 0.3) is 0 Å². The van der Waals surface area contributed by atoms with E-state index in [1.54, 1.807) is 30.3 Å². The van der Waals surface area contributed by atoms with Crippen LogP contribution in [-0.2, 0) is 9.59 Å². The number of anilines is 4. The van der Waals surface area contributed by atoms with Crippen LogP contribution in [0.4, 0.5) is 23.1 Å². The van der Waals surface area contributed by atoms with Crippen LogP contribution in [-0.4, -0.2) is 21.8 Å². The average Bonchev–Trinajstić information content (AvgIpc) is 2.69. The zero-order valence-electron chi connectivity index (χ0n) is 16.3. The molecule has 0 spiro atoms. The summed E-state index contributed by atoms with van der Waals surface area (Å²) in [5.41, 5.74) is 1.57. The molecule has 0 saturated carbocycles. The van der Waals surface area contributed by atoms with Gasteiger partial charge in [-0.3, -0.25) is 19.4 Å². The van der Waals surface area contributed by atoms with Crippen molar-refractivity contribution in [3.63, 3.8) is 0 Å².